The molecule has 138 valence electrons. The van der Waals surface area contributed by atoms with Gasteiger partial charge in [0.15, 0.2) is 5.13 Å². The summed E-state index contributed by atoms with van der Waals surface area (Å²) in [4.78, 5) is 23.4. The monoisotopic (exact) mass is 382 g/mol. The predicted octanol–water partition coefficient (Wildman–Crippen LogP) is 2.61. The molecule has 0 aliphatic carbocycles. The number of carbonyl (C=O) groups is 1. The van der Waals surface area contributed by atoms with Crippen molar-refractivity contribution in [2.45, 2.75) is 12.5 Å². The number of benzene rings is 1. The largest absolute Gasteiger partial charge is 0.483 e. The molecule has 4 aromatic rings. The minimum atomic E-state index is -0.250. The van der Waals surface area contributed by atoms with Crippen LogP contribution in [0.25, 0.3) is 10.2 Å². The first-order chi connectivity index (χ1) is 13.2. The molecule has 8 nitrogen and oxygen atoms in total. The highest BCUT2D eigenvalue weighted by Crippen LogP contribution is 2.36. The van der Waals surface area contributed by atoms with Gasteiger partial charge >= 0.3 is 0 Å². The second-order valence-electron chi connectivity index (χ2n) is 6.22. The van der Waals surface area contributed by atoms with Crippen molar-refractivity contribution in [1.82, 2.24) is 24.7 Å². The SMILES string of the molecule is Cn1cc(C2CN(c3nc4ccccc4s3)Cc3[nH]cnc32)cn1.O=CO. The van der Waals surface area contributed by atoms with Crippen LogP contribution in [0.15, 0.2) is 43.0 Å². The number of anilines is 1. The molecule has 1 atom stereocenters. The van der Waals surface area contributed by atoms with Crippen LogP contribution < -0.4 is 4.90 Å². The summed E-state index contributed by atoms with van der Waals surface area (Å²) in [6, 6.07) is 8.29. The van der Waals surface area contributed by atoms with Crippen LogP contribution >= 0.6 is 11.3 Å². The Bertz CT molecular complexity index is 1040. The minimum Gasteiger partial charge on any atom is -0.483 e. The number of hydrogen-bond acceptors (Lipinski definition) is 6. The van der Waals surface area contributed by atoms with Crippen molar-refractivity contribution in [1.29, 1.82) is 0 Å². The van der Waals surface area contributed by atoms with E-state index < -0.39 is 0 Å². The van der Waals surface area contributed by atoms with Gasteiger partial charge in [-0.25, -0.2) is 9.97 Å². The number of H-pyrrole nitrogens is 1. The van der Waals surface area contributed by atoms with Gasteiger partial charge in [0.1, 0.15) is 0 Å². The van der Waals surface area contributed by atoms with Crippen LogP contribution in [0, 0.1) is 0 Å². The molecule has 1 unspecified atom stereocenters. The first-order valence-corrected chi connectivity index (χ1v) is 9.20. The molecule has 2 N–H and O–H groups in total. The van der Waals surface area contributed by atoms with Crippen molar-refractivity contribution < 1.29 is 9.90 Å². The number of hydrogen-bond donors (Lipinski definition) is 2. The fraction of sp³-hybridized carbons (Fsp3) is 0.222. The van der Waals surface area contributed by atoms with Crippen molar-refractivity contribution in [3.8, 4) is 0 Å². The summed E-state index contributed by atoms with van der Waals surface area (Å²) in [6.45, 7) is 1.43. The Kier molecular flexibility index (Phi) is 4.59. The quantitative estimate of drug-likeness (QED) is 0.517. The molecule has 0 spiro atoms. The molecule has 0 saturated carbocycles. The maximum Gasteiger partial charge on any atom is 0.290 e. The number of nitrogens with zero attached hydrogens (tertiary/aromatic N) is 5. The Morgan fingerprint density at radius 2 is 2.19 bits per heavy atom. The van der Waals surface area contributed by atoms with E-state index in [0.29, 0.717) is 0 Å². The van der Waals surface area contributed by atoms with Crippen molar-refractivity contribution in [3.05, 3.63) is 59.9 Å². The zero-order valence-electron chi connectivity index (χ0n) is 14.6. The molecule has 1 aliphatic heterocycles. The van der Waals surface area contributed by atoms with Gasteiger partial charge in [-0.3, -0.25) is 9.48 Å². The van der Waals surface area contributed by atoms with Crippen molar-refractivity contribution >= 4 is 33.2 Å². The summed E-state index contributed by atoms with van der Waals surface area (Å²) in [5.41, 5.74) is 4.54. The van der Waals surface area contributed by atoms with Crippen LogP contribution in [-0.4, -0.2) is 42.9 Å². The molecular formula is C18H18N6O2S. The topological polar surface area (TPSA) is 99.9 Å². The fourth-order valence-corrected chi connectivity index (χ4v) is 4.32. The van der Waals surface area contributed by atoms with Gasteiger partial charge in [0.2, 0.25) is 0 Å². The van der Waals surface area contributed by atoms with Gasteiger partial charge in [-0.15, -0.1) is 0 Å². The van der Waals surface area contributed by atoms with E-state index in [1.165, 1.54) is 10.3 Å². The number of imidazole rings is 1. The first-order valence-electron chi connectivity index (χ1n) is 8.38. The van der Waals surface area contributed by atoms with E-state index in [1.54, 1.807) is 17.7 Å². The Morgan fingerprint density at radius 1 is 1.37 bits per heavy atom. The van der Waals surface area contributed by atoms with E-state index in [4.69, 9.17) is 14.9 Å². The summed E-state index contributed by atoms with van der Waals surface area (Å²) in [6.07, 6.45) is 5.80. The van der Waals surface area contributed by atoms with E-state index in [2.05, 4.69) is 44.4 Å². The Balaban J connectivity index is 0.000000565. The zero-order valence-corrected chi connectivity index (χ0v) is 15.4. The van der Waals surface area contributed by atoms with Gasteiger partial charge in [0.05, 0.1) is 40.7 Å². The zero-order chi connectivity index (χ0) is 18.8. The highest BCUT2D eigenvalue weighted by atomic mass is 32.1. The molecule has 1 aliphatic rings. The van der Waals surface area contributed by atoms with E-state index in [0.717, 1.165) is 35.1 Å². The highest BCUT2D eigenvalue weighted by molar-refractivity contribution is 7.22. The van der Waals surface area contributed by atoms with Gasteiger partial charge in [-0.1, -0.05) is 23.5 Å². The lowest BCUT2D eigenvalue weighted by atomic mass is 9.93. The number of aromatic nitrogens is 5. The molecule has 0 fully saturated rings. The normalized spacial score (nSPS) is 15.9. The third-order valence-corrected chi connectivity index (χ3v) is 5.61. The average Bonchev–Trinajstić information content (AvgIpc) is 3.40. The number of para-hydroxylation sites is 1. The van der Waals surface area contributed by atoms with Crippen LogP contribution in [0.1, 0.15) is 22.9 Å². The predicted molar refractivity (Wildman–Crippen MR) is 103 cm³/mol. The molecule has 4 heterocycles. The molecule has 0 saturated heterocycles. The lowest BCUT2D eigenvalue weighted by Crippen LogP contribution is -2.34. The summed E-state index contributed by atoms with van der Waals surface area (Å²) in [7, 11) is 1.95. The molecule has 0 radical (unpaired) electrons. The third kappa shape index (κ3) is 3.28. The van der Waals surface area contributed by atoms with Crippen LogP contribution in [0.4, 0.5) is 5.13 Å². The number of carboxylic acid groups (broad SMARTS) is 1. The second kappa shape index (κ2) is 7.20. The van der Waals surface area contributed by atoms with E-state index in [9.17, 15) is 0 Å². The minimum absolute atomic E-state index is 0.209. The molecule has 0 amide bonds. The number of fused-ring (bicyclic) bond motifs is 2. The molecule has 3 aromatic heterocycles. The number of aromatic amines is 1. The average molecular weight is 382 g/mol. The number of aryl methyl sites for hydroxylation is 1. The van der Waals surface area contributed by atoms with Crippen LogP contribution in [-0.2, 0) is 18.4 Å². The standard InChI is InChI=1S/C17H16N6S.CH2O2/c1-22-7-11(6-20-22)12-8-23(9-14-16(12)19-10-18-14)17-21-13-4-2-3-5-15(13)24-17;2-1-3/h2-7,10,12H,8-9H2,1H3,(H,18,19);1H,(H,2,3). The lowest BCUT2D eigenvalue weighted by Gasteiger charge is -2.31. The number of thiazole rings is 1. The van der Waals surface area contributed by atoms with Crippen LogP contribution in [0.3, 0.4) is 0 Å². The summed E-state index contributed by atoms with van der Waals surface area (Å²) < 4.78 is 3.07. The van der Waals surface area contributed by atoms with Gasteiger partial charge in [0, 0.05) is 31.3 Å². The fourth-order valence-electron chi connectivity index (χ4n) is 3.35. The van der Waals surface area contributed by atoms with Crippen molar-refractivity contribution in [2.75, 3.05) is 11.4 Å². The summed E-state index contributed by atoms with van der Waals surface area (Å²) >= 11 is 1.74. The number of nitrogens with one attached hydrogen (secondary N) is 1. The van der Waals surface area contributed by atoms with Gasteiger partial charge < -0.3 is 15.0 Å². The Hall–Kier alpha value is -3.20. The van der Waals surface area contributed by atoms with E-state index >= 15 is 0 Å². The molecule has 1 aromatic carbocycles. The van der Waals surface area contributed by atoms with Gasteiger partial charge in [-0.2, -0.15) is 5.10 Å². The maximum atomic E-state index is 8.36. The lowest BCUT2D eigenvalue weighted by molar-refractivity contribution is -0.122. The van der Waals surface area contributed by atoms with E-state index in [-0.39, 0.29) is 12.4 Å². The third-order valence-electron chi connectivity index (χ3n) is 4.51. The molecule has 5 rings (SSSR count). The second-order valence-corrected chi connectivity index (χ2v) is 7.23. The Labute approximate surface area is 159 Å². The molecule has 9 heteroatoms. The molecular weight excluding hydrogens is 364 g/mol. The first kappa shape index (κ1) is 17.2. The van der Waals surface area contributed by atoms with Gasteiger partial charge in [0.25, 0.3) is 6.47 Å². The Morgan fingerprint density at radius 3 is 2.93 bits per heavy atom. The summed E-state index contributed by atoms with van der Waals surface area (Å²) in [5.74, 6) is 0.209. The van der Waals surface area contributed by atoms with Crippen molar-refractivity contribution in [2.24, 2.45) is 7.05 Å². The van der Waals surface area contributed by atoms with Crippen LogP contribution in [0.2, 0.25) is 0 Å². The smallest absolute Gasteiger partial charge is 0.290 e. The maximum absolute atomic E-state index is 8.36. The van der Waals surface area contributed by atoms with Crippen molar-refractivity contribution in [3.63, 3.8) is 0 Å². The molecule has 0 bridgehead atoms. The highest BCUT2D eigenvalue weighted by Gasteiger charge is 2.31. The van der Waals surface area contributed by atoms with E-state index in [1.807, 2.05) is 24.0 Å². The van der Waals surface area contributed by atoms with Gasteiger partial charge in [-0.05, 0) is 12.1 Å². The molecule has 27 heavy (non-hydrogen) atoms. The number of rotatable bonds is 2. The summed E-state index contributed by atoms with van der Waals surface area (Å²) in [5, 5.41) is 12.3. The van der Waals surface area contributed by atoms with Crippen LogP contribution in [0.5, 0.6) is 0 Å².